The molecule has 0 aromatic heterocycles. The Morgan fingerprint density at radius 1 is 1.21 bits per heavy atom. The first-order valence-electron chi connectivity index (χ1n) is 10.3. The second-order valence-corrected chi connectivity index (χ2v) is 7.94. The maximum Gasteiger partial charge on any atom is 0.224 e. The highest BCUT2D eigenvalue weighted by Gasteiger charge is 2.60. The second-order valence-electron chi connectivity index (χ2n) is 7.94. The minimum Gasteiger partial charge on any atom is -0.494 e. The highest BCUT2D eigenvalue weighted by atomic mass is 16.5. The molecule has 1 amide bonds. The van der Waals surface area contributed by atoms with E-state index in [0.717, 1.165) is 30.6 Å². The molecule has 4 heteroatoms. The van der Waals surface area contributed by atoms with Crippen molar-refractivity contribution in [3.8, 4) is 5.75 Å². The van der Waals surface area contributed by atoms with Gasteiger partial charge in [0.05, 0.1) is 19.3 Å². The zero-order chi connectivity index (χ0) is 19.6. The monoisotopic (exact) mass is 379 g/mol. The fourth-order valence-electron chi connectivity index (χ4n) is 4.80. The standard InChI is InChI=1S/C24H29NO3/c1-3-28-19-12-10-18(11-13-19)22(16-27-2)25-23(26)21-15-24(21)14-6-8-17-7-4-5-9-20(17)24/h4-5,7,9-13,21-22H,3,6,8,14-16H2,1-2H3,(H,25,26)/t21?,22-,24?/m0/s1. The Labute approximate surface area is 167 Å². The number of nitrogens with one attached hydrogen (secondary N) is 1. The van der Waals surface area contributed by atoms with Gasteiger partial charge in [0.2, 0.25) is 5.91 Å². The Kier molecular flexibility index (Phi) is 5.40. The van der Waals surface area contributed by atoms with Crippen LogP contribution < -0.4 is 10.1 Å². The molecule has 1 N–H and O–H groups in total. The lowest BCUT2D eigenvalue weighted by Crippen LogP contribution is -2.35. The molecule has 28 heavy (non-hydrogen) atoms. The molecule has 2 aliphatic rings. The third-order valence-electron chi connectivity index (χ3n) is 6.26. The third-order valence-corrected chi connectivity index (χ3v) is 6.26. The van der Waals surface area contributed by atoms with E-state index in [1.54, 1.807) is 7.11 Å². The molecule has 3 atom stereocenters. The molecule has 4 nitrogen and oxygen atoms in total. The van der Waals surface area contributed by atoms with Gasteiger partial charge in [0.25, 0.3) is 0 Å². The van der Waals surface area contributed by atoms with Crippen LogP contribution >= 0.6 is 0 Å². The van der Waals surface area contributed by atoms with Gasteiger partial charge in [-0.05, 0) is 61.4 Å². The van der Waals surface area contributed by atoms with E-state index in [0.29, 0.717) is 13.2 Å². The number of hydrogen-bond donors (Lipinski definition) is 1. The molecule has 1 saturated carbocycles. The maximum atomic E-state index is 13.1. The van der Waals surface area contributed by atoms with Crippen LogP contribution in [0, 0.1) is 5.92 Å². The van der Waals surface area contributed by atoms with E-state index in [2.05, 4.69) is 29.6 Å². The Bertz CT molecular complexity index is 832. The van der Waals surface area contributed by atoms with Crippen molar-refractivity contribution in [1.29, 1.82) is 0 Å². The average Bonchev–Trinajstić information content (AvgIpc) is 3.44. The number of amides is 1. The summed E-state index contributed by atoms with van der Waals surface area (Å²) in [6, 6.07) is 16.4. The molecular weight excluding hydrogens is 350 g/mol. The molecule has 0 radical (unpaired) electrons. The first kappa shape index (κ1) is 19.0. The molecule has 1 spiro atoms. The van der Waals surface area contributed by atoms with Crippen LogP contribution in [-0.2, 0) is 21.4 Å². The number of ether oxygens (including phenoxy) is 2. The number of carbonyl (C=O) groups excluding carboxylic acids is 1. The highest BCUT2D eigenvalue weighted by molar-refractivity contribution is 5.85. The fraction of sp³-hybridized carbons (Fsp3) is 0.458. The van der Waals surface area contributed by atoms with Crippen LogP contribution in [0.3, 0.4) is 0 Å². The van der Waals surface area contributed by atoms with Gasteiger partial charge in [-0.3, -0.25) is 4.79 Å². The van der Waals surface area contributed by atoms with E-state index < -0.39 is 0 Å². The quantitative estimate of drug-likeness (QED) is 0.785. The number of aryl methyl sites for hydroxylation is 1. The number of benzene rings is 2. The van der Waals surface area contributed by atoms with Gasteiger partial charge in [0.1, 0.15) is 5.75 Å². The van der Waals surface area contributed by atoms with Gasteiger partial charge in [-0.15, -0.1) is 0 Å². The summed E-state index contributed by atoms with van der Waals surface area (Å²) in [5, 5.41) is 3.25. The van der Waals surface area contributed by atoms with E-state index in [-0.39, 0.29) is 23.3 Å². The van der Waals surface area contributed by atoms with Gasteiger partial charge in [-0.2, -0.15) is 0 Å². The summed E-state index contributed by atoms with van der Waals surface area (Å²) in [6.45, 7) is 3.07. The number of hydrogen-bond acceptors (Lipinski definition) is 3. The summed E-state index contributed by atoms with van der Waals surface area (Å²) in [5.74, 6) is 1.05. The van der Waals surface area contributed by atoms with Gasteiger partial charge in [-0.25, -0.2) is 0 Å². The SMILES string of the molecule is CCOc1ccc([C@H](COC)NC(=O)C2CC23CCCc2ccccc23)cc1. The molecule has 4 rings (SSSR count). The topological polar surface area (TPSA) is 47.6 Å². The first-order chi connectivity index (χ1) is 13.7. The predicted molar refractivity (Wildman–Crippen MR) is 110 cm³/mol. The predicted octanol–water partition coefficient (Wildman–Crippen LogP) is 4.18. The van der Waals surface area contributed by atoms with Crippen LogP contribution in [0.1, 0.15) is 48.9 Å². The Morgan fingerprint density at radius 3 is 2.75 bits per heavy atom. The lowest BCUT2D eigenvalue weighted by molar-refractivity contribution is -0.124. The Balaban J connectivity index is 1.48. The minimum atomic E-state index is -0.148. The van der Waals surface area contributed by atoms with Gasteiger partial charge in [-0.1, -0.05) is 36.4 Å². The number of methoxy groups -OCH3 is 1. The normalized spacial score (nSPS) is 23.7. The van der Waals surface area contributed by atoms with Crippen molar-refractivity contribution in [1.82, 2.24) is 5.32 Å². The van der Waals surface area contributed by atoms with Crippen LogP contribution in [0.2, 0.25) is 0 Å². The molecule has 2 aromatic rings. The lowest BCUT2D eigenvalue weighted by Gasteiger charge is -2.27. The smallest absolute Gasteiger partial charge is 0.224 e. The molecule has 0 aliphatic heterocycles. The molecule has 1 fully saturated rings. The van der Waals surface area contributed by atoms with Crippen molar-refractivity contribution in [2.75, 3.05) is 20.3 Å². The van der Waals surface area contributed by atoms with Crippen molar-refractivity contribution in [3.05, 3.63) is 65.2 Å². The van der Waals surface area contributed by atoms with Crippen LogP contribution in [0.15, 0.2) is 48.5 Å². The van der Waals surface area contributed by atoms with Crippen molar-refractivity contribution >= 4 is 5.91 Å². The van der Waals surface area contributed by atoms with Crippen LogP contribution in [0.25, 0.3) is 0 Å². The Hall–Kier alpha value is -2.33. The minimum absolute atomic E-state index is 0.0510. The van der Waals surface area contributed by atoms with Crippen molar-refractivity contribution in [2.24, 2.45) is 5.92 Å². The zero-order valence-corrected chi connectivity index (χ0v) is 16.7. The molecule has 0 saturated heterocycles. The van der Waals surface area contributed by atoms with Gasteiger partial charge >= 0.3 is 0 Å². The number of carbonyl (C=O) groups is 1. The van der Waals surface area contributed by atoms with Gasteiger partial charge < -0.3 is 14.8 Å². The summed E-state index contributed by atoms with van der Waals surface area (Å²) < 4.78 is 10.9. The van der Waals surface area contributed by atoms with E-state index >= 15 is 0 Å². The molecule has 2 unspecified atom stereocenters. The van der Waals surface area contributed by atoms with Crippen LogP contribution in [0.4, 0.5) is 0 Å². The highest BCUT2D eigenvalue weighted by Crippen LogP contribution is 2.60. The molecular formula is C24H29NO3. The van der Waals surface area contributed by atoms with E-state index in [1.807, 2.05) is 31.2 Å². The van der Waals surface area contributed by atoms with Crippen LogP contribution in [-0.4, -0.2) is 26.2 Å². The van der Waals surface area contributed by atoms with Crippen LogP contribution in [0.5, 0.6) is 5.75 Å². The summed E-state index contributed by atoms with van der Waals surface area (Å²) in [4.78, 5) is 13.1. The largest absolute Gasteiger partial charge is 0.494 e. The second kappa shape index (κ2) is 7.96. The Morgan fingerprint density at radius 2 is 2.00 bits per heavy atom. The van der Waals surface area contributed by atoms with Crippen molar-refractivity contribution in [2.45, 2.75) is 44.1 Å². The molecule has 0 heterocycles. The van der Waals surface area contributed by atoms with Crippen molar-refractivity contribution in [3.63, 3.8) is 0 Å². The molecule has 148 valence electrons. The van der Waals surface area contributed by atoms with E-state index in [9.17, 15) is 4.79 Å². The van der Waals surface area contributed by atoms with Gasteiger partial charge in [0, 0.05) is 18.4 Å². The summed E-state index contributed by atoms with van der Waals surface area (Å²) >= 11 is 0. The number of fused-ring (bicyclic) bond motifs is 2. The van der Waals surface area contributed by atoms with E-state index in [4.69, 9.17) is 9.47 Å². The molecule has 0 bridgehead atoms. The third kappa shape index (κ3) is 3.53. The molecule has 2 aliphatic carbocycles. The van der Waals surface area contributed by atoms with E-state index in [1.165, 1.54) is 17.5 Å². The van der Waals surface area contributed by atoms with Gasteiger partial charge in [0.15, 0.2) is 0 Å². The van der Waals surface area contributed by atoms with Crippen molar-refractivity contribution < 1.29 is 14.3 Å². The number of rotatable bonds is 7. The summed E-state index contributed by atoms with van der Waals surface area (Å²) in [6.07, 6.45) is 4.37. The average molecular weight is 380 g/mol. The lowest BCUT2D eigenvalue weighted by atomic mass is 9.78. The molecule has 2 aromatic carbocycles. The first-order valence-corrected chi connectivity index (χ1v) is 10.3. The maximum absolute atomic E-state index is 13.1. The zero-order valence-electron chi connectivity index (χ0n) is 16.7. The summed E-state index contributed by atoms with van der Waals surface area (Å²) in [5.41, 5.74) is 3.90. The fourth-order valence-corrected chi connectivity index (χ4v) is 4.80. The summed E-state index contributed by atoms with van der Waals surface area (Å²) in [7, 11) is 1.67.